The number of unbranched alkanes of at least 4 members (excludes halogenated alkanes) is 3. The minimum absolute atomic E-state index is 0.00167. The summed E-state index contributed by atoms with van der Waals surface area (Å²) in [5.41, 5.74) is 3.28. The van der Waals surface area contributed by atoms with Gasteiger partial charge in [0.25, 0.3) is 0 Å². The summed E-state index contributed by atoms with van der Waals surface area (Å²) in [4.78, 5) is 14.6. The molecule has 1 aliphatic rings. The lowest BCUT2D eigenvalue weighted by Crippen LogP contribution is -2.31. The first-order valence-electron chi connectivity index (χ1n) is 9.62. The molecular formula is C22H28N2O2. The van der Waals surface area contributed by atoms with E-state index < -0.39 is 0 Å². The molecule has 26 heavy (non-hydrogen) atoms. The standard InChI is InChI=1S/C22H28N2O2/c1-2-3-4-7-15-26-20-11-8-10-19(16-20)23-22(25)17-24-14-13-18-9-5-6-12-21(18)24/h5-6,8-12,16H,2-4,7,13-15,17H2,1H3,(H,23,25). The van der Waals surface area contributed by atoms with Crippen LogP contribution in [-0.4, -0.2) is 25.6 Å². The maximum atomic E-state index is 12.4. The van der Waals surface area contributed by atoms with Crippen LogP contribution in [0.1, 0.15) is 38.2 Å². The Labute approximate surface area is 156 Å². The Bertz CT molecular complexity index is 730. The lowest BCUT2D eigenvalue weighted by atomic mass is 10.2. The number of anilines is 2. The van der Waals surface area contributed by atoms with Gasteiger partial charge in [-0.2, -0.15) is 0 Å². The van der Waals surface area contributed by atoms with E-state index in [0.717, 1.165) is 37.4 Å². The molecule has 0 saturated carbocycles. The van der Waals surface area contributed by atoms with Crippen molar-refractivity contribution >= 4 is 17.3 Å². The number of carbonyl (C=O) groups is 1. The molecule has 138 valence electrons. The number of fused-ring (bicyclic) bond motifs is 1. The number of hydrogen-bond acceptors (Lipinski definition) is 3. The van der Waals surface area contributed by atoms with Crippen LogP contribution in [0.5, 0.6) is 5.75 Å². The summed E-state index contributed by atoms with van der Waals surface area (Å²) in [6.07, 6.45) is 5.75. The van der Waals surface area contributed by atoms with E-state index >= 15 is 0 Å². The zero-order valence-corrected chi connectivity index (χ0v) is 15.5. The van der Waals surface area contributed by atoms with Gasteiger partial charge in [0.2, 0.25) is 5.91 Å². The normalized spacial score (nSPS) is 12.7. The first kappa shape index (κ1) is 18.3. The van der Waals surface area contributed by atoms with E-state index in [1.165, 1.54) is 30.5 Å². The molecule has 0 radical (unpaired) electrons. The summed E-state index contributed by atoms with van der Waals surface area (Å²) in [6, 6.07) is 16.0. The average molecular weight is 352 g/mol. The number of ether oxygens (including phenoxy) is 1. The van der Waals surface area contributed by atoms with Gasteiger partial charge < -0.3 is 15.0 Å². The number of nitrogens with one attached hydrogen (secondary N) is 1. The first-order chi connectivity index (χ1) is 12.8. The predicted octanol–water partition coefficient (Wildman–Crippen LogP) is 4.65. The van der Waals surface area contributed by atoms with Crippen LogP contribution in [0.15, 0.2) is 48.5 Å². The van der Waals surface area contributed by atoms with Gasteiger partial charge in [0.15, 0.2) is 0 Å². The Balaban J connectivity index is 1.49. The van der Waals surface area contributed by atoms with Crippen molar-refractivity contribution in [2.75, 3.05) is 29.9 Å². The SMILES string of the molecule is CCCCCCOc1cccc(NC(=O)CN2CCc3ccccc32)c1. The van der Waals surface area contributed by atoms with Crippen LogP contribution in [0.4, 0.5) is 11.4 Å². The molecule has 2 aromatic carbocycles. The monoisotopic (exact) mass is 352 g/mol. The van der Waals surface area contributed by atoms with Crippen molar-refractivity contribution in [3.8, 4) is 5.75 Å². The van der Waals surface area contributed by atoms with Crippen LogP contribution in [-0.2, 0) is 11.2 Å². The maximum absolute atomic E-state index is 12.4. The van der Waals surface area contributed by atoms with Gasteiger partial charge in [0, 0.05) is 24.0 Å². The summed E-state index contributed by atoms with van der Waals surface area (Å²) in [6.45, 7) is 4.20. The predicted molar refractivity (Wildman–Crippen MR) is 107 cm³/mol. The highest BCUT2D eigenvalue weighted by Gasteiger charge is 2.20. The van der Waals surface area contributed by atoms with Gasteiger partial charge in [0.05, 0.1) is 13.2 Å². The third-order valence-corrected chi connectivity index (χ3v) is 4.70. The van der Waals surface area contributed by atoms with E-state index in [1.807, 2.05) is 30.3 Å². The number of nitrogens with zero attached hydrogens (tertiary/aromatic N) is 1. The maximum Gasteiger partial charge on any atom is 0.243 e. The van der Waals surface area contributed by atoms with Gasteiger partial charge in [-0.05, 0) is 36.6 Å². The van der Waals surface area contributed by atoms with Crippen molar-refractivity contribution in [2.24, 2.45) is 0 Å². The fourth-order valence-corrected chi connectivity index (χ4v) is 3.33. The van der Waals surface area contributed by atoms with Crippen molar-refractivity contribution in [3.63, 3.8) is 0 Å². The number of amides is 1. The second-order valence-electron chi connectivity index (χ2n) is 6.79. The number of rotatable bonds is 9. The van der Waals surface area contributed by atoms with E-state index in [2.05, 4.69) is 35.3 Å². The minimum atomic E-state index is 0.00167. The Morgan fingerprint density at radius 3 is 2.88 bits per heavy atom. The highest BCUT2D eigenvalue weighted by Crippen LogP contribution is 2.27. The number of hydrogen-bond donors (Lipinski definition) is 1. The fourth-order valence-electron chi connectivity index (χ4n) is 3.33. The van der Waals surface area contributed by atoms with Gasteiger partial charge in [-0.3, -0.25) is 4.79 Å². The molecule has 2 aromatic rings. The number of carbonyl (C=O) groups excluding carboxylic acids is 1. The molecule has 0 aromatic heterocycles. The summed E-state index contributed by atoms with van der Waals surface area (Å²) >= 11 is 0. The minimum Gasteiger partial charge on any atom is -0.494 e. The molecule has 0 bridgehead atoms. The number of benzene rings is 2. The van der Waals surface area contributed by atoms with E-state index in [1.54, 1.807) is 0 Å². The summed E-state index contributed by atoms with van der Waals surface area (Å²) in [7, 11) is 0. The topological polar surface area (TPSA) is 41.6 Å². The molecular weight excluding hydrogens is 324 g/mol. The molecule has 0 saturated heterocycles. The lowest BCUT2D eigenvalue weighted by molar-refractivity contribution is -0.115. The zero-order valence-electron chi connectivity index (χ0n) is 15.5. The van der Waals surface area contributed by atoms with E-state index in [-0.39, 0.29) is 5.91 Å². The largest absolute Gasteiger partial charge is 0.494 e. The van der Waals surface area contributed by atoms with Crippen LogP contribution >= 0.6 is 0 Å². The molecule has 0 fully saturated rings. The molecule has 0 unspecified atom stereocenters. The summed E-state index contributed by atoms with van der Waals surface area (Å²) < 4.78 is 5.79. The Morgan fingerprint density at radius 2 is 2.00 bits per heavy atom. The smallest absolute Gasteiger partial charge is 0.243 e. The van der Waals surface area contributed by atoms with Crippen molar-refractivity contribution < 1.29 is 9.53 Å². The van der Waals surface area contributed by atoms with Crippen molar-refractivity contribution in [1.82, 2.24) is 0 Å². The van der Waals surface area contributed by atoms with Crippen LogP contribution in [0.2, 0.25) is 0 Å². The van der Waals surface area contributed by atoms with Crippen molar-refractivity contribution in [1.29, 1.82) is 0 Å². The molecule has 1 amide bonds. The van der Waals surface area contributed by atoms with Crippen LogP contribution < -0.4 is 15.0 Å². The van der Waals surface area contributed by atoms with Gasteiger partial charge in [-0.15, -0.1) is 0 Å². The Morgan fingerprint density at radius 1 is 1.12 bits per heavy atom. The Hall–Kier alpha value is -2.49. The Kier molecular flexibility index (Phi) is 6.53. The molecule has 4 nitrogen and oxygen atoms in total. The van der Waals surface area contributed by atoms with E-state index in [4.69, 9.17) is 4.74 Å². The number of para-hydroxylation sites is 1. The molecule has 1 N–H and O–H groups in total. The van der Waals surface area contributed by atoms with Crippen molar-refractivity contribution in [2.45, 2.75) is 39.0 Å². The lowest BCUT2D eigenvalue weighted by Gasteiger charge is -2.19. The highest BCUT2D eigenvalue weighted by molar-refractivity contribution is 5.94. The van der Waals surface area contributed by atoms with Crippen molar-refractivity contribution in [3.05, 3.63) is 54.1 Å². The fraction of sp³-hybridized carbons (Fsp3) is 0.409. The zero-order chi connectivity index (χ0) is 18.2. The molecule has 0 atom stereocenters. The molecule has 4 heteroatoms. The second kappa shape index (κ2) is 9.27. The third-order valence-electron chi connectivity index (χ3n) is 4.70. The highest BCUT2D eigenvalue weighted by atomic mass is 16.5. The average Bonchev–Trinajstić information content (AvgIpc) is 3.05. The molecule has 1 aliphatic heterocycles. The van der Waals surface area contributed by atoms with Gasteiger partial charge >= 0.3 is 0 Å². The van der Waals surface area contributed by atoms with Crippen LogP contribution in [0.3, 0.4) is 0 Å². The quantitative estimate of drug-likeness (QED) is 0.668. The second-order valence-corrected chi connectivity index (χ2v) is 6.79. The van der Waals surface area contributed by atoms with Gasteiger partial charge in [0.1, 0.15) is 5.75 Å². The van der Waals surface area contributed by atoms with Crippen LogP contribution in [0.25, 0.3) is 0 Å². The van der Waals surface area contributed by atoms with Crippen LogP contribution in [0, 0.1) is 0 Å². The first-order valence-corrected chi connectivity index (χ1v) is 9.62. The molecule has 0 aliphatic carbocycles. The van der Waals surface area contributed by atoms with E-state index in [0.29, 0.717) is 6.54 Å². The van der Waals surface area contributed by atoms with E-state index in [9.17, 15) is 4.79 Å². The third kappa shape index (κ3) is 5.01. The molecule has 3 rings (SSSR count). The molecule has 0 spiro atoms. The van der Waals surface area contributed by atoms with Gasteiger partial charge in [-0.1, -0.05) is 50.5 Å². The van der Waals surface area contributed by atoms with Gasteiger partial charge in [-0.25, -0.2) is 0 Å². The molecule has 1 heterocycles. The summed E-state index contributed by atoms with van der Waals surface area (Å²) in [5, 5.41) is 2.99. The summed E-state index contributed by atoms with van der Waals surface area (Å²) in [5.74, 6) is 0.813.